The van der Waals surface area contributed by atoms with E-state index in [1.54, 1.807) is 0 Å². The molecule has 1 saturated heterocycles. The number of thiocarbonyl (C=S) groups is 1. The Bertz CT molecular complexity index is 387. The largest absolute Gasteiger partial charge is 0.389 e. The van der Waals surface area contributed by atoms with Crippen molar-refractivity contribution in [1.82, 2.24) is 4.90 Å². The van der Waals surface area contributed by atoms with Crippen LogP contribution in [0, 0.1) is 0 Å². The zero-order chi connectivity index (χ0) is 12.1. The van der Waals surface area contributed by atoms with Gasteiger partial charge in [0, 0.05) is 31.8 Å². The highest BCUT2D eigenvalue weighted by Gasteiger charge is 2.09. The van der Waals surface area contributed by atoms with Gasteiger partial charge in [-0.15, -0.1) is 0 Å². The van der Waals surface area contributed by atoms with Crippen molar-refractivity contribution >= 4 is 17.2 Å². The summed E-state index contributed by atoms with van der Waals surface area (Å²) in [7, 11) is 0. The molecule has 0 unspecified atom stereocenters. The topological polar surface area (TPSA) is 38.5 Å². The summed E-state index contributed by atoms with van der Waals surface area (Å²) in [5.41, 5.74) is 7.85. The van der Waals surface area contributed by atoms with Crippen LogP contribution in [0.5, 0.6) is 0 Å². The quantitative estimate of drug-likeness (QED) is 0.826. The molecule has 4 heteroatoms. The monoisotopic (exact) mass is 250 g/mol. The number of nitrogens with two attached hydrogens (primary N) is 1. The van der Waals surface area contributed by atoms with Crippen molar-refractivity contribution in [3.63, 3.8) is 0 Å². The van der Waals surface area contributed by atoms with E-state index in [1.807, 2.05) is 12.1 Å². The standard InChI is InChI=1S/C13H18N2OS/c14-13(17)12-4-1-3-11(9-12)10-15-5-2-7-16-8-6-15/h1,3-4,9H,2,5-8,10H2,(H2,14,17). The second-order valence-corrected chi connectivity index (χ2v) is 4.75. The summed E-state index contributed by atoms with van der Waals surface area (Å²) < 4.78 is 5.44. The van der Waals surface area contributed by atoms with Gasteiger partial charge in [-0.1, -0.05) is 30.4 Å². The number of nitrogens with zero attached hydrogens (tertiary/aromatic N) is 1. The van der Waals surface area contributed by atoms with E-state index in [-0.39, 0.29) is 0 Å². The molecule has 0 aliphatic carbocycles. The zero-order valence-electron chi connectivity index (χ0n) is 9.89. The van der Waals surface area contributed by atoms with Crippen LogP contribution in [0.3, 0.4) is 0 Å². The number of ether oxygens (including phenoxy) is 1. The fourth-order valence-electron chi connectivity index (χ4n) is 2.04. The van der Waals surface area contributed by atoms with Gasteiger partial charge in [0.15, 0.2) is 0 Å². The number of rotatable bonds is 3. The van der Waals surface area contributed by atoms with Crippen LogP contribution in [0.4, 0.5) is 0 Å². The molecular weight excluding hydrogens is 232 g/mol. The molecule has 1 aliphatic heterocycles. The maximum absolute atomic E-state index is 5.64. The Kier molecular flexibility index (Phi) is 4.48. The predicted octanol–water partition coefficient (Wildman–Crippen LogP) is 1.54. The van der Waals surface area contributed by atoms with E-state index < -0.39 is 0 Å². The normalized spacial score (nSPS) is 17.6. The van der Waals surface area contributed by atoms with Gasteiger partial charge in [0.1, 0.15) is 4.99 Å². The maximum Gasteiger partial charge on any atom is 0.103 e. The number of hydrogen-bond donors (Lipinski definition) is 1. The van der Waals surface area contributed by atoms with Crippen LogP contribution < -0.4 is 5.73 Å². The maximum atomic E-state index is 5.64. The average molecular weight is 250 g/mol. The van der Waals surface area contributed by atoms with Crippen LogP contribution in [-0.4, -0.2) is 36.2 Å². The van der Waals surface area contributed by atoms with E-state index in [4.69, 9.17) is 22.7 Å². The Balaban J connectivity index is 2.01. The lowest BCUT2D eigenvalue weighted by molar-refractivity contribution is 0.140. The molecule has 0 amide bonds. The van der Waals surface area contributed by atoms with Crippen LogP contribution >= 0.6 is 12.2 Å². The molecule has 1 aromatic rings. The van der Waals surface area contributed by atoms with Crippen molar-refractivity contribution < 1.29 is 4.74 Å². The molecule has 3 nitrogen and oxygen atoms in total. The van der Waals surface area contributed by atoms with Crippen molar-refractivity contribution in [1.29, 1.82) is 0 Å². The van der Waals surface area contributed by atoms with Gasteiger partial charge >= 0.3 is 0 Å². The summed E-state index contributed by atoms with van der Waals surface area (Å²) in [5.74, 6) is 0. The summed E-state index contributed by atoms with van der Waals surface area (Å²) >= 11 is 4.99. The first-order valence-corrected chi connectivity index (χ1v) is 6.35. The van der Waals surface area contributed by atoms with Crippen molar-refractivity contribution in [2.75, 3.05) is 26.3 Å². The first-order valence-electron chi connectivity index (χ1n) is 5.94. The van der Waals surface area contributed by atoms with Crippen LogP contribution in [0.2, 0.25) is 0 Å². The molecule has 1 aromatic carbocycles. The highest BCUT2D eigenvalue weighted by Crippen LogP contribution is 2.10. The molecule has 2 N–H and O–H groups in total. The van der Waals surface area contributed by atoms with Gasteiger partial charge in [-0.05, 0) is 18.1 Å². The molecule has 0 aromatic heterocycles. The van der Waals surface area contributed by atoms with E-state index in [0.717, 1.165) is 44.8 Å². The molecule has 2 rings (SSSR count). The van der Waals surface area contributed by atoms with Crippen LogP contribution in [0.1, 0.15) is 17.5 Å². The summed E-state index contributed by atoms with van der Waals surface area (Å²) in [4.78, 5) is 2.87. The Morgan fingerprint density at radius 2 is 2.24 bits per heavy atom. The van der Waals surface area contributed by atoms with Gasteiger partial charge in [0.25, 0.3) is 0 Å². The fraction of sp³-hybridized carbons (Fsp3) is 0.462. The molecule has 1 fully saturated rings. The van der Waals surface area contributed by atoms with Crippen molar-refractivity contribution in [3.05, 3.63) is 35.4 Å². The minimum Gasteiger partial charge on any atom is -0.389 e. The van der Waals surface area contributed by atoms with Crippen molar-refractivity contribution in [2.24, 2.45) is 5.73 Å². The van der Waals surface area contributed by atoms with Gasteiger partial charge in [-0.3, -0.25) is 4.90 Å². The summed E-state index contributed by atoms with van der Waals surface area (Å²) in [6.45, 7) is 4.74. The Hall–Kier alpha value is -0.970. The lowest BCUT2D eigenvalue weighted by Gasteiger charge is -2.19. The molecule has 0 saturated carbocycles. The molecule has 92 valence electrons. The molecule has 0 bridgehead atoms. The van der Waals surface area contributed by atoms with Gasteiger partial charge in [0.05, 0.1) is 6.61 Å². The third-order valence-corrected chi connectivity index (χ3v) is 3.17. The van der Waals surface area contributed by atoms with Crippen LogP contribution in [-0.2, 0) is 11.3 Å². The van der Waals surface area contributed by atoms with Crippen molar-refractivity contribution in [2.45, 2.75) is 13.0 Å². The highest BCUT2D eigenvalue weighted by molar-refractivity contribution is 7.80. The second kappa shape index (κ2) is 6.10. The van der Waals surface area contributed by atoms with E-state index >= 15 is 0 Å². The molecule has 17 heavy (non-hydrogen) atoms. The lowest BCUT2D eigenvalue weighted by atomic mass is 10.1. The first-order chi connectivity index (χ1) is 8.25. The average Bonchev–Trinajstić information content (AvgIpc) is 2.58. The van der Waals surface area contributed by atoms with Crippen LogP contribution in [0.25, 0.3) is 0 Å². The van der Waals surface area contributed by atoms with Crippen molar-refractivity contribution in [3.8, 4) is 0 Å². The summed E-state index contributed by atoms with van der Waals surface area (Å²) in [5, 5.41) is 0. The summed E-state index contributed by atoms with van der Waals surface area (Å²) in [6.07, 6.45) is 1.11. The fourth-order valence-corrected chi connectivity index (χ4v) is 2.16. The predicted molar refractivity (Wildman–Crippen MR) is 73.0 cm³/mol. The number of hydrogen-bond acceptors (Lipinski definition) is 3. The summed E-state index contributed by atoms with van der Waals surface area (Å²) in [6, 6.07) is 8.16. The Morgan fingerprint density at radius 1 is 1.35 bits per heavy atom. The zero-order valence-corrected chi connectivity index (χ0v) is 10.7. The molecule has 0 radical (unpaired) electrons. The first kappa shape index (κ1) is 12.5. The van der Waals surface area contributed by atoms with Gasteiger partial charge in [-0.25, -0.2) is 0 Å². The molecule has 0 spiro atoms. The highest BCUT2D eigenvalue weighted by atomic mass is 32.1. The SMILES string of the molecule is NC(=S)c1cccc(CN2CCCOCC2)c1. The van der Waals surface area contributed by atoms with Gasteiger partial charge in [-0.2, -0.15) is 0 Å². The lowest BCUT2D eigenvalue weighted by Crippen LogP contribution is -2.26. The van der Waals surface area contributed by atoms with E-state index in [9.17, 15) is 0 Å². The molecule has 1 heterocycles. The van der Waals surface area contributed by atoms with Crippen LogP contribution in [0.15, 0.2) is 24.3 Å². The molecular formula is C13H18N2OS. The van der Waals surface area contributed by atoms with E-state index in [1.165, 1.54) is 5.56 Å². The smallest absolute Gasteiger partial charge is 0.103 e. The Morgan fingerprint density at radius 3 is 3.06 bits per heavy atom. The molecule has 1 aliphatic rings. The van der Waals surface area contributed by atoms with Gasteiger partial charge in [0.2, 0.25) is 0 Å². The minimum atomic E-state index is 0.464. The third kappa shape index (κ3) is 3.77. The number of benzene rings is 1. The van der Waals surface area contributed by atoms with E-state index in [0.29, 0.717) is 4.99 Å². The van der Waals surface area contributed by atoms with E-state index in [2.05, 4.69) is 17.0 Å². The minimum absolute atomic E-state index is 0.464. The third-order valence-electron chi connectivity index (χ3n) is 2.93. The molecule has 0 atom stereocenters. The Labute approximate surface area is 108 Å². The second-order valence-electron chi connectivity index (χ2n) is 4.31. The van der Waals surface area contributed by atoms with Gasteiger partial charge < -0.3 is 10.5 Å².